The summed E-state index contributed by atoms with van der Waals surface area (Å²) in [6.07, 6.45) is 7.72. The summed E-state index contributed by atoms with van der Waals surface area (Å²) in [7, 11) is 1.38. The van der Waals surface area contributed by atoms with Gasteiger partial charge in [0.15, 0.2) is 0 Å². The standard InChI is InChI=1S/C23H31NO4S/c1-4-5-6-8-17(2)20(25)13-10-18-11-15-22(26)24(18)16-7-9-19-12-14-21(29-19)23(27)28-3/h10,12-14,17-18,20,25H,4,7-9,11,15-16H2,1-3H3/t17-,18-,20+/m0/s1. The van der Waals surface area contributed by atoms with Crippen molar-refractivity contribution in [2.24, 2.45) is 5.92 Å². The van der Waals surface area contributed by atoms with Crippen LogP contribution in [-0.4, -0.2) is 47.7 Å². The van der Waals surface area contributed by atoms with E-state index < -0.39 is 6.10 Å². The lowest BCUT2D eigenvalue weighted by Crippen LogP contribution is -2.33. The van der Waals surface area contributed by atoms with Crippen molar-refractivity contribution in [1.82, 2.24) is 4.90 Å². The van der Waals surface area contributed by atoms with Crippen molar-refractivity contribution in [2.75, 3.05) is 13.7 Å². The Morgan fingerprint density at radius 1 is 1.45 bits per heavy atom. The summed E-state index contributed by atoms with van der Waals surface area (Å²) in [5, 5.41) is 10.3. The van der Waals surface area contributed by atoms with Crippen LogP contribution < -0.4 is 0 Å². The quantitative estimate of drug-likeness (QED) is 0.377. The van der Waals surface area contributed by atoms with Gasteiger partial charge < -0.3 is 14.7 Å². The second-order valence-electron chi connectivity index (χ2n) is 7.32. The van der Waals surface area contributed by atoms with Crippen LogP contribution in [0.4, 0.5) is 0 Å². The highest BCUT2D eigenvalue weighted by atomic mass is 32.1. The third-order valence-electron chi connectivity index (χ3n) is 5.08. The van der Waals surface area contributed by atoms with E-state index in [9.17, 15) is 14.7 Å². The highest BCUT2D eigenvalue weighted by molar-refractivity contribution is 7.13. The molecule has 1 aliphatic rings. The number of aliphatic hydroxyl groups excluding tert-OH is 1. The molecule has 1 saturated heterocycles. The molecule has 1 aliphatic heterocycles. The molecule has 0 unspecified atom stereocenters. The third kappa shape index (κ3) is 7.02. The molecule has 2 rings (SSSR count). The first-order valence-electron chi connectivity index (χ1n) is 10.2. The summed E-state index contributed by atoms with van der Waals surface area (Å²) in [6, 6.07) is 3.77. The van der Waals surface area contributed by atoms with Crippen molar-refractivity contribution < 1.29 is 19.4 Å². The van der Waals surface area contributed by atoms with Gasteiger partial charge in [0, 0.05) is 30.7 Å². The lowest BCUT2D eigenvalue weighted by molar-refractivity contribution is -0.128. The van der Waals surface area contributed by atoms with Gasteiger partial charge >= 0.3 is 5.97 Å². The smallest absolute Gasteiger partial charge is 0.348 e. The minimum absolute atomic E-state index is 0.0417. The summed E-state index contributed by atoms with van der Waals surface area (Å²) in [5.74, 6) is 6.03. The molecule has 29 heavy (non-hydrogen) atoms. The Morgan fingerprint density at radius 3 is 2.97 bits per heavy atom. The monoisotopic (exact) mass is 417 g/mol. The average Bonchev–Trinajstić information content (AvgIpc) is 3.33. The average molecular weight is 418 g/mol. The number of likely N-dealkylation sites (tertiary alicyclic amines) is 1. The van der Waals surface area contributed by atoms with E-state index in [0.29, 0.717) is 24.3 Å². The zero-order valence-corrected chi connectivity index (χ0v) is 18.3. The molecule has 1 aromatic heterocycles. The number of hydrogen-bond donors (Lipinski definition) is 1. The predicted molar refractivity (Wildman–Crippen MR) is 116 cm³/mol. The molecular weight excluding hydrogens is 386 g/mol. The maximum Gasteiger partial charge on any atom is 0.348 e. The predicted octanol–water partition coefficient (Wildman–Crippen LogP) is 3.82. The first-order valence-corrected chi connectivity index (χ1v) is 11.1. The Hall–Kier alpha value is -2.10. The minimum atomic E-state index is -0.554. The van der Waals surface area contributed by atoms with Crippen molar-refractivity contribution >= 4 is 23.2 Å². The number of carbonyl (C=O) groups is 2. The molecule has 0 bridgehead atoms. The lowest BCUT2D eigenvalue weighted by atomic mass is 10.00. The molecule has 1 fully saturated rings. The fourth-order valence-corrected chi connectivity index (χ4v) is 4.27. The van der Waals surface area contributed by atoms with Gasteiger partial charge in [0.25, 0.3) is 0 Å². The van der Waals surface area contributed by atoms with Crippen LogP contribution >= 0.6 is 11.3 Å². The van der Waals surface area contributed by atoms with E-state index in [1.54, 1.807) is 6.07 Å². The van der Waals surface area contributed by atoms with Gasteiger partial charge in [-0.05, 0) is 37.3 Å². The fraction of sp³-hybridized carbons (Fsp3) is 0.565. The second kappa shape index (κ2) is 11.8. The molecular formula is C23H31NO4S. The van der Waals surface area contributed by atoms with Gasteiger partial charge in [-0.1, -0.05) is 26.0 Å². The van der Waals surface area contributed by atoms with Crippen LogP contribution in [0.1, 0.15) is 60.5 Å². The zero-order chi connectivity index (χ0) is 21.2. The van der Waals surface area contributed by atoms with Crippen molar-refractivity contribution in [2.45, 2.75) is 64.5 Å². The van der Waals surface area contributed by atoms with Gasteiger partial charge in [0.05, 0.1) is 19.3 Å². The number of carbonyl (C=O) groups excluding carboxylic acids is 2. The molecule has 0 radical (unpaired) electrons. The molecule has 5 nitrogen and oxygen atoms in total. The normalized spacial score (nSPS) is 18.6. The molecule has 1 aromatic rings. The van der Waals surface area contributed by atoms with Crippen LogP contribution in [0, 0.1) is 17.8 Å². The molecule has 6 heteroatoms. The van der Waals surface area contributed by atoms with E-state index in [1.807, 2.05) is 37.0 Å². The van der Waals surface area contributed by atoms with Crippen molar-refractivity contribution in [3.05, 3.63) is 34.0 Å². The fourth-order valence-electron chi connectivity index (χ4n) is 3.30. The molecule has 0 aromatic carbocycles. The van der Waals surface area contributed by atoms with E-state index in [1.165, 1.54) is 18.4 Å². The molecule has 1 N–H and O–H groups in total. The largest absolute Gasteiger partial charge is 0.465 e. The summed E-state index contributed by atoms with van der Waals surface area (Å²) in [4.78, 5) is 27.4. The minimum Gasteiger partial charge on any atom is -0.465 e. The highest BCUT2D eigenvalue weighted by Gasteiger charge is 2.28. The Labute approximate surface area is 177 Å². The third-order valence-corrected chi connectivity index (χ3v) is 6.21. The Morgan fingerprint density at radius 2 is 2.24 bits per heavy atom. The number of aryl methyl sites for hydroxylation is 1. The molecule has 3 atom stereocenters. The van der Waals surface area contributed by atoms with Crippen LogP contribution in [0.5, 0.6) is 0 Å². The Balaban J connectivity index is 1.85. The number of rotatable bonds is 9. The first-order chi connectivity index (χ1) is 14.0. The number of nitrogens with zero attached hydrogens (tertiary/aromatic N) is 1. The van der Waals surface area contributed by atoms with E-state index >= 15 is 0 Å². The van der Waals surface area contributed by atoms with Crippen molar-refractivity contribution in [1.29, 1.82) is 0 Å². The van der Waals surface area contributed by atoms with Gasteiger partial charge in [0.1, 0.15) is 4.88 Å². The maximum atomic E-state index is 12.3. The number of methoxy groups -OCH3 is 1. The number of amides is 1. The van der Waals surface area contributed by atoms with Gasteiger partial charge in [-0.3, -0.25) is 4.79 Å². The van der Waals surface area contributed by atoms with Crippen LogP contribution in [0.2, 0.25) is 0 Å². The number of thiophene rings is 1. The van der Waals surface area contributed by atoms with E-state index in [0.717, 1.165) is 30.6 Å². The highest BCUT2D eigenvalue weighted by Crippen LogP contribution is 2.23. The van der Waals surface area contributed by atoms with E-state index in [4.69, 9.17) is 4.74 Å². The first kappa shape index (κ1) is 23.2. The van der Waals surface area contributed by atoms with Crippen molar-refractivity contribution in [3.63, 3.8) is 0 Å². The van der Waals surface area contributed by atoms with Gasteiger partial charge in [-0.2, -0.15) is 0 Å². The SMILES string of the molecule is CCC#CC[C@H](C)[C@H](O)C=C[C@H]1CCC(=O)N1CCCc1ccc(C(=O)OC)s1. The zero-order valence-electron chi connectivity index (χ0n) is 17.5. The van der Waals surface area contributed by atoms with Crippen LogP contribution in [0.25, 0.3) is 0 Å². The molecule has 0 aliphatic carbocycles. The molecule has 2 heterocycles. The summed E-state index contributed by atoms with van der Waals surface area (Å²) in [6.45, 7) is 4.67. The molecule has 1 amide bonds. The van der Waals surface area contributed by atoms with Crippen LogP contribution in [0.15, 0.2) is 24.3 Å². The van der Waals surface area contributed by atoms with E-state index in [-0.39, 0.29) is 23.8 Å². The topological polar surface area (TPSA) is 66.8 Å². The van der Waals surface area contributed by atoms with E-state index in [2.05, 4.69) is 11.8 Å². The molecule has 0 spiro atoms. The number of ether oxygens (including phenoxy) is 1. The molecule has 0 saturated carbocycles. The van der Waals surface area contributed by atoms with Crippen LogP contribution in [0.3, 0.4) is 0 Å². The lowest BCUT2D eigenvalue weighted by Gasteiger charge is -2.23. The number of esters is 1. The van der Waals surface area contributed by atoms with Gasteiger partial charge in [0.2, 0.25) is 5.91 Å². The van der Waals surface area contributed by atoms with Gasteiger partial charge in [-0.25, -0.2) is 4.79 Å². The number of aliphatic hydroxyl groups is 1. The summed E-state index contributed by atoms with van der Waals surface area (Å²) >= 11 is 1.44. The van der Waals surface area contributed by atoms with Gasteiger partial charge in [-0.15, -0.1) is 23.2 Å². The summed E-state index contributed by atoms with van der Waals surface area (Å²) < 4.78 is 4.74. The molecule has 158 valence electrons. The Bertz CT molecular complexity index is 773. The van der Waals surface area contributed by atoms with Crippen molar-refractivity contribution in [3.8, 4) is 11.8 Å². The number of hydrogen-bond acceptors (Lipinski definition) is 5. The maximum absolute atomic E-state index is 12.3. The second-order valence-corrected chi connectivity index (χ2v) is 8.49. The Kier molecular flexibility index (Phi) is 9.43. The summed E-state index contributed by atoms with van der Waals surface area (Å²) in [5.41, 5.74) is 0. The van der Waals surface area contributed by atoms with Crippen LogP contribution in [-0.2, 0) is 16.0 Å².